The van der Waals surface area contributed by atoms with Crippen LogP contribution in [0.1, 0.15) is 43.0 Å². The summed E-state index contributed by atoms with van der Waals surface area (Å²) in [5.74, 6) is 1.54. The number of benzene rings is 1. The minimum Gasteiger partial charge on any atom is -0.301 e. The van der Waals surface area contributed by atoms with E-state index in [1.165, 1.54) is 29.7 Å². The molecular formula is C23H26ClN5OS2. The van der Waals surface area contributed by atoms with Crippen molar-refractivity contribution >= 4 is 50.7 Å². The molecule has 0 bridgehead atoms. The van der Waals surface area contributed by atoms with Crippen molar-refractivity contribution in [2.45, 2.75) is 50.7 Å². The molecule has 0 aliphatic carbocycles. The number of likely N-dealkylation sites (N-methyl/N-ethyl adjacent to an activating group) is 1. The highest BCUT2D eigenvalue weighted by Crippen LogP contribution is 2.35. The molecule has 9 heteroatoms. The molecule has 0 radical (unpaired) electrons. The van der Waals surface area contributed by atoms with Gasteiger partial charge in [-0.1, -0.05) is 55.6 Å². The zero-order valence-corrected chi connectivity index (χ0v) is 20.7. The number of halogens is 1. The number of fused-ring (bicyclic) bond motifs is 5. The first kappa shape index (κ1) is 21.9. The van der Waals surface area contributed by atoms with E-state index in [-0.39, 0.29) is 5.56 Å². The average molecular weight is 488 g/mol. The fraction of sp³-hybridized carbons (Fsp3) is 0.435. The van der Waals surface area contributed by atoms with Crippen molar-refractivity contribution in [3.05, 3.63) is 50.1 Å². The van der Waals surface area contributed by atoms with Crippen LogP contribution in [0, 0.1) is 0 Å². The van der Waals surface area contributed by atoms with E-state index in [0.717, 1.165) is 47.1 Å². The fourth-order valence-electron chi connectivity index (χ4n) is 4.32. The Balaban J connectivity index is 1.72. The van der Waals surface area contributed by atoms with Gasteiger partial charge in [0.05, 0.1) is 11.1 Å². The molecule has 4 heterocycles. The normalized spacial score (nSPS) is 14.5. The van der Waals surface area contributed by atoms with Crippen LogP contribution >= 0.6 is 34.7 Å². The maximum absolute atomic E-state index is 13.8. The maximum Gasteiger partial charge on any atom is 0.268 e. The van der Waals surface area contributed by atoms with Gasteiger partial charge in [0.15, 0.2) is 5.16 Å². The molecule has 0 N–H and O–H groups in total. The maximum atomic E-state index is 13.8. The Morgan fingerprint density at radius 2 is 2.09 bits per heavy atom. The largest absolute Gasteiger partial charge is 0.301 e. The van der Waals surface area contributed by atoms with E-state index in [4.69, 9.17) is 11.6 Å². The van der Waals surface area contributed by atoms with E-state index < -0.39 is 0 Å². The lowest BCUT2D eigenvalue weighted by Crippen LogP contribution is -2.27. The van der Waals surface area contributed by atoms with E-state index >= 15 is 0 Å². The summed E-state index contributed by atoms with van der Waals surface area (Å²) in [6.45, 7) is 4.05. The van der Waals surface area contributed by atoms with Crippen molar-refractivity contribution in [1.29, 1.82) is 0 Å². The van der Waals surface area contributed by atoms with E-state index in [9.17, 15) is 4.79 Å². The van der Waals surface area contributed by atoms with Gasteiger partial charge in [-0.05, 0) is 43.7 Å². The molecule has 6 nitrogen and oxygen atoms in total. The first-order chi connectivity index (χ1) is 15.6. The second kappa shape index (κ2) is 9.17. The molecular weight excluding hydrogens is 462 g/mol. The lowest BCUT2D eigenvalue weighted by Gasteiger charge is -2.21. The zero-order valence-electron chi connectivity index (χ0n) is 18.3. The van der Waals surface area contributed by atoms with Gasteiger partial charge in [0, 0.05) is 28.7 Å². The summed E-state index contributed by atoms with van der Waals surface area (Å²) in [5, 5.41) is 11.2. The van der Waals surface area contributed by atoms with Gasteiger partial charge in [0.2, 0.25) is 5.78 Å². The summed E-state index contributed by atoms with van der Waals surface area (Å²) in [7, 11) is 2.13. The minimum absolute atomic E-state index is 0.0382. The van der Waals surface area contributed by atoms with Gasteiger partial charge in [-0.15, -0.1) is 21.5 Å². The van der Waals surface area contributed by atoms with E-state index in [2.05, 4.69) is 33.5 Å². The first-order valence-corrected chi connectivity index (χ1v) is 13.3. The number of thiophene rings is 1. The Morgan fingerprint density at radius 1 is 1.22 bits per heavy atom. The molecule has 0 fully saturated rings. The Bertz CT molecular complexity index is 1340. The second-order valence-corrected chi connectivity index (χ2v) is 10.9. The van der Waals surface area contributed by atoms with E-state index in [0.29, 0.717) is 16.5 Å². The van der Waals surface area contributed by atoms with Crippen LogP contribution in [0.5, 0.6) is 0 Å². The second-order valence-electron chi connectivity index (χ2n) is 8.32. The highest BCUT2D eigenvalue weighted by Gasteiger charge is 2.26. The molecule has 3 aromatic heterocycles. The molecule has 1 aliphatic heterocycles. The van der Waals surface area contributed by atoms with Crippen molar-refractivity contribution in [2.24, 2.45) is 0 Å². The SMILES string of the molecule is CCCCCCSc1nnc2n(-c3cccc(Cl)c3)c(=O)c3c4c(sc3n12)CN(C)CC4. The number of aromatic nitrogens is 4. The van der Waals surface area contributed by atoms with Crippen LogP contribution < -0.4 is 5.56 Å². The van der Waals surface area contributed by atoms with Crippen LogP contribution in [-0.2, 0) is 13.0 Å². The zero-order chi connectivity index (χ0) is 22.2. The van der Waals surface area contributed by atoms with Crippen LogP contribution in [0.25, 0.3) is 21.7 Å². The molecule has 4 aromatic rings. The average Bonchev–Trinajstić information content (AvgIpc) is 3.35. The van der Waals surface area contributed by atoms with E-state index in [1.807, 2.05) is 24.3 Å². The monoisotopic (exact) mass is 487 g/mol. The predicted octanol–water partition coefficient (Wildman–Crippen LogP) is 5.41. The van der Waals surface area contributed by atoms with Crippen LogP contribution in [0.3, 0.4) is 0 Å². The highest BCUT2D eigenvalue weighted by atomic mass is 35.5. The molecule has 168 valence electrons. The topological polar surface area (TPSA) is 55.4 Å². The molecule has 1 aliphatic rings. The smallest absolute Gasteiger partial charge is 0.268 e. The van der Waals surface area contributed by atoms with Gasteiger partial charge < -0.3 is 4.90 Å². The van der Waals surface area contributed by atoms with Crippen LogP contribution in [0.4, 0.5) is 0 Å². The summed E-state index contributed by atoms with van der Waals surface area (Å²) < 4.78 is 3.76. The van der Waals surface area contributed by atoms with Gasteiger partial charge in [0.25, 0.3) is 5.56 Å². The van der Waals surface area contributed by atoms with Crippen LogP contribution in [0.2, 0.25) is 5.02 Å². The first-order valence-electron chi connectivity index (χ1n) is 11.1. The predicted molar refractivity (Wildman–Crippen MR) is 134 cm³/mol. The number of hydrogen-bond donors (Lipinski definition) is 0. The highest BCUT2D eigenvalue weighted by molar-refractivity contribution is 7.99. The summed E-state index contributed by atoms with van der Waals surface area (Å²) >= 11 is 9.71. The van der Waals surface area contributed by atoms with Gasteiger partial charge in [-0.25, -0.2) is 8.97 Å². The van der Waals surface area contributed by atoms with Crippen molar-refractivity contribution in [1.82, 2.24) is 24.1 Å². The summed E-state index contributed by atoms with van der Waals surface area (Å²) in [4.78, 5) is 18.4. The Kier molecular flexibility index (Phi) is 6.29. The number of rotatable bonds is 7. The molecule has 1 aromatic carbocycles. The fourth-order valence-corrected chi connectivity index (χ4v) is 6.91. The number of unbranched alkanes of at least 4 members (excludes halogenated alkanes) is 3. The van der Waals surface area contributed by atoms with Gasteiger partial charge in [-0.3, -0.25) is 4.79 Å². The molecule has 32 heavy (non-hydrogen) atoms. The molecule has 0 unspecified atom stereocenters. The van der Waals surface area contributed by atoms with Crippen molar-refractivity contribution in [3.8, 4) is 5.69 Å². The Hall–Kier alpha value is -1.87. The molecule has 5 rings (SSSR count). The third-order valence-electron chi connectivity index (χ3n) is 5.96. The third kappa shape index (κ3) is 3.87. The minimum atomic E-state index is -0.0382. The molecule has 0 spiro atoms. The lowest BCUT2D eigenvalue weighted by atomic mass is 10.1. The van der Waals surface area contributed by atoms with Crippen molar-refractivity contribution in [2.75, 3.05) is 19.3 Å². The number of thioether (sulfide) groups is 1. The summed E-state index contributed by atoms with van der Waals surface area (Å²) in [6, 6.07) is 7.39. The lowest BCUT2D eigenvalue weighted by molar-refractivity contribution is 0.318. The quantitative estimate of drug-likeness (QED) is 0.258. The van der Waals surface area contributed by atoms with Gasteiger partial charge >= 0.3 is 0 Å². The van der Waals surface area contributed by atoms with E-state index in [1.54, 1.807) is 27.7 Å². The Labute approximate surface area is 200 Å². The van der Waals surface area contributed by atoms with Crippen molar-refractivity contribution in [3.63, 3.8) is 0 Å². The van der Waals surface area contributed by atoms with Crippen molar-refractivity contribution < 1.29 is 0 Å². The standard InChI is InChI=1S/C23H26ClN5OS2/c1-3-4-5-6-12-31-23-26-25-22-28(16-9-7-8-15(24)13-16)20(30)19-17-10-11-27(2)14-18(17)32-21(19)29(22)23/h7-9,13H,3-6,10-12,14H2,1-2H3. The Morgan fingerprint density at radius 3 is 2.91 bits per heavy atom. The molecule has 0 saturated carbocycles. The molecule has 0 atom stereocenters. The molecule has 0 amide bonds. The van der Waals surface area contributed by atoms with Gasteiger partial charge in [-0.2, -0.15) is 0 Å². The van der Waals surface area contributed by atoms with Crippen LogP contribution in [0.15, 0.2) is 34.2 Å². The van der Waals surface area contributed by atoms with Crippen LogP contribution in [-0.4, -0.2) is 43.4 Å². The molecule has 0 saturated heterocycles. The number of nitrogens with zero attached hydrogens (tertiary/aromatic N) is 5. The van der Waals surface area contributed by atoms with Gasteiger partial charge in [0.1, 0.15) is 4.83 Å². The summed E-state index contributed by atoms with van der Waals surface area (Å²) in [6.07, 6.45) is 5.73. The third-order valence-corrected chi connectivity index (χ3v) is 8.41. The number of hydrogen-bond acceptors (Lipinski definition) is 6. The summed E-state index contributed by atoms with van der Waals surface area (Å²) in [5.41, 5.74) is 1.86.